The van der Waals surface area contributed by atoms with Crippen LogP contribution in [-0.4, -0.2) is 11.6 Å². The van der Waals surface area contributed by atoms with Crippen LogP contribution in [0, 0.1) is 19.8 Å². The van der Waals surface area contributed by atoms with Gasteiger partial charge in [0.15, 0.2) is 0 Å². The lowest BCUT2D eigenvalue weighted by atomic mass is 10.0. The molecule has 0 bridgehead atoms. The predicted octanol–water partition coefficient (Wildman–Crippen LogP) is 2.19. The predicted molar refractivity (Wildman–Crippen MR) is 50.1 cm³/mol. The number of nitrogens with zero attached hydrogens (tertiary/aromatic N) is 1. The first-order valence-electron chi connectivity index (χ1n) is 4.86. The molecule has 0 amide bonds. The molecule has 1 unspecified atom stereocenters. The Bertz CT molecular complexity index is 373. The summed E-state index contributed by atoms with van der Waals surface area (Å²) in [6, 6.07) is 2.19. The molecule has 2 heteroatoms. The van der Waals surface area contributed by atoms with Crippen LogP contribution < -0.4 is 4.74 Å². The van der Waals surface area contributed by atoms with Crippen LogP contribution in [0.2, 0.25) is 0 Å². The van der Waals surface area contributed by atoms with Crippen molar-refractivity contribution >= 4 is 0 Å². The highest BCUT2D eigenvalue weighted by atomic mass is 16.5. The van der Waals surface area contributed by atoms with Crippen LogP contribution in [0.1, 0.15) is 29.3 Å². The summed E-state index contributed by atoms with van der Waals surface area (Å²) in [6.07, 6.45) is 1.32. The second-order valence-electron chi connectivity index (χ2n) is 4.18. The average molecular weight is 175 g/mol. The minimum absolute atomic E-state index is 0.782. The van der Waals surface area contributed by atoms with E-state index in [4.69, 9.17) is 4.74 Å². The van der Waals surface area contributed by atoms with Gasteiger partial charge in [0, 0.05) is 17.2 Å². The standard InChI is InChI=1S/C11H13NO/c1-6-3-10-9-4-8(9)5-13-11(10)7(2)12-6/h3,8-9H,4-5H2,1-2H3/t8?,9-/m1/s1. The third-order valence-electron chi connectivity index (χ3n) is 3.06. The minimum atomic E-state index is 0.782. The Morgan fingerprint density at radius 2 is 2.31 bits per heavy atom. The zero-order valence-electron chi connectivity index (χ0n) is 8.00. The Hall–Kier alpha value is -1.05. The first-order chi connectivity index (χ1) is 6.25. The van der Waals surface area contributed by atoms with E-state index in [1.54, 1.807) is 0 Å². The van der Waals surface area contributed by atoms with Crippen molar-refractivity contribution in [3.8, 4) is 5.75 Å². The maximum atomic E-state index is 5.70. The number of pyridine rings is 1. The van der Waals surface area contributed by atoms with E-state index in [0.29, 0.717) is 0 Å². The molecule has 2 nitrogen and oxygen atoms in total. The van der Waals surface area contributed by atoms with Gasteiger partial charge in [-0.05, 0) is 32.3 Å². The number of aromatic nitrogens is 1. The molecule has 1 aromatic heterocycles. The summed E-state index contributed by atoms with van der Waals surface area (Å²) < 4.78 is 5.70. The van der Waals surface area contributed by atoms with Gasteiger partial charge in [0.05, 0.1) is 12.3 Å². The molecule has 1 aliphatic heterocycles. The van der Waals surface area contributed by atoms with Crippen molar-refractivity contribution in [3.05, 3.63) is 23.0 Å². The van der Waals surface area contributed by atoms with Crippen molar-refractivity contribution in [2.75, 3.05) is 6.61 Å². The summed E-state index contributed by atoms with van der Waals surface area (Å²) in [5.74, 6) is 2.64. The topological polar surface area (TPSA) is 22.1 Å². The van der Waals surface area contributed by atoms with Crippen molar-refractivity contribution < 1.29 is 4.74 Å². The van der Waals surface area contributed by atoms with Crippen LogP contribution >= 0.6 is 0 Å². The smallest absolute Gasteiger partial charge is 0.143 e. The molecule has 0 saturated heterocycles. The molecule has 2 heterocycles. The molecule has 2 atom stereocenters. The fraction of sp³-hybridized carbons (Fsp3) is 0.545. The molecule has 3 rings (SSSR count). The second-order valence-corrected chi connectivity index (χ2v) is 4.18. The number of hydrogen-bond acceptors (Lipinski definition) is 2. The zero-order chi connectivity index (χ0) is 9.00. The maximum Gasteiger partial charge on any atom is 0.143 e. The lowest BCUT2D eigenvalue weighted by Crippen LogP contribution is -2.11. The van der Waals surface area contributed by atoms with Crippen molar-refractivity contribution in [1.29, 1.82) is 0 Å². The molecule has 68 valence electrons. The van der Waals surface area contributed by atoms with Gasteiger partial charge in [-0.2, -0.15) is 0 Å². The summed E-state index contributed by atoms with van der Waals surface area (Å²) in [5, 5.41) is 0. The molecule has 2 aliphatic rings. The quantitative estimate of drug-likeness (QED) is 0.603. The molecule has 1 fully saturated rings. The number of ether oxygens (including phenoxy) is 1. The molecule has 0 spiro atoms. The summed E-state index contributed by atoms with van der Waals surface area (Å²) >= 11 is 0. The molecular weight excluding hydrogens is 162 g/mol. The van der Waals surface area contributed by atoms with E-state index in [0.717, 1.165) is 35.6 Å². The van der Waals surface area contributed by atoms with Gasteiger partial charge in [-0.25, -0.2) is 0 Å². The van der Waals surface area contributed by atoms with Gasteiger partial charge in [0.2, 0.25) is 0 Å². The molecular formula is C11H13NO. The molecule has 0 radical (unpaired) electrons. The van der Waals surface area contributed by atoms with E-state index in [1.807, 2.05) is 6.92 Å². The Balaban J connectivity index is 2.19. The normalized spacial score (nSPS) is 28.8. The van der Waals surface area contributed by atoms with Crippen LogP contribution in [0.15, 0.2) is 6.07 Å². The van der Waals surface area contributed by atoms with Gasteiger partial charge in [0.1, 0.15) is 5.75 Å². The fourth-order valence-corrected chi connectivity index (χ4v) is 2.31. The van der Waals surface area contributed by atoms with Gasteiger partial charge in [-0.15, -0.1) is 0 Å². The zero-order valence-corrected chi connectivity index (χ0v) is 8.00. The lowest BCUT2D eigenvalue weighted by molar-refractivity contribution is 0.275. The van der Waals surface area contributed by atoms with Gasteiger partial charge in [-0.3, -0.25) is 4.98 Å². The molecule has 0 N–H and O–H groups in total. The highest BCUT2D eigenvalue weighted by molar-refractivity contribution is 5.45. The van der Waals surface area contributed by atoms with E-state index < -0.39 is 0 Å². The Morgan fingerprint density at radius 1 is 1.46 bits per heavy atom. The fourth-order valence-electron chi connectivity index (χ4n) is 2.31. The van der Waals surface area contributed by atoms with Gasteiger partial charge < -0.3 is 4.74 Å². The number of aryl methyl sites for hydroxylation is 2. The van der Waals surface area contributed by atoms with Crippen molar-refractivity contribution in [1.82, 2.24) is 4.98 Å². The molecule has 1 saturated carbocycles. The van der Waals surface area contributed by atoms with Crippen LogP contribution in [0.4, 0.5) is 0 Å². The average Bonchev–Trinajstić information content (AvgIpc) is 2.82. The van der Waals surface area contributed by atoms with Crippen molar-refractivity contribution in [2.45, 2.75) is 26.2 Å². The van der Waals surface area contributed by atoms with E-state index in [1.165, 1.54) is 12.0 Å². The monoisotopic (exact) mass is 175 g/mol. The number of hydrogen-bond donors (Lipinski definition) is 0. The van der Waals surface area contributed by atoms with Crippen LogP contribution in [0.25, 0.3) is 0 Å². The van der Waals surface area contributed by atoms with Crippen LogP contribution in [0.3, 0.4) is 0 Å². The summed E-state index contributed by atoms with van der Waals surface area (Å²) in [6.45, 7) is 5.00. The van der Waals surface area contributed by atoms with Crippen LogP contribution in [0.5, 0.6) is 5.75 Å². The van der Waals surface area contributed by atoms with E-state index in [9.17, 15) is 0 Å². The Kier molecular flexibility index (Phi) is 1.27. The van der Waals surface area contributed by atoms with E-state index in [-0.39, 0.29) is 0 Å². The number of fused-ring (bicyclic) bond motifs is 3. The van der Waals surface area contributed by atoms with Gasteiger partial charge in [-0.1, -0.05) is 0 Å². The molecule has 1 aliphatic carbocycles. The van der Waals surface area contributed by atoms with Gasteiger partial charge in [0.25, 0.3) is 0 Å². The highest BCUT2D eigenvalue weighted by Gasteiger charge is 2.44. The van der Waals surface area contributed by atoms with Crippen LogP contribution in [-0.2, 0) is 0 Å². The lowest BCUT2D eigenvalue weighted by Gasteiger charge is -2.18. The molecule has 0 aromatic carbocycles. The summed E-state index contributed by atoms with van der Waals surface area (Å²) in [4.78, 5) is 4.41. The molecule has 13 heavy (non-hydrogen) atoms. The van der Waals surface area contributed by atoms with Crippen molar-refractivity contribution in [3.63, 3.8) is 0 Å². The van der Waals surface area contributed by atoms with Crippen molar-refractivity contribution in [2.24, 2.45) is 5.92 Å². The summed E-state index contributed by atoms with van der Waals surface area (Å²) in [5.41, 5.74) is 3.58. The molecule has 1 aromatic rings. The van der Waals surface area contributed by atoms with E-state index >= 15 is 0 Å². The maximum absolute atomic E-state index is 5.70. The highest BCUT2D eigenvalue weighted by Crippen LogP contribution is 2.54. The third kappa shape index (κ3) is 0.978. The Labute approximate surface area is 77.9 Å². The third-order valence-corrected chi connectivity index (χ3v) is 3.06. The van der Waals surface area contributed by atoms with E-state index in [2.05, 4.69) is 18.0 Å². The SMILES string of the molecule is Cc1cc2c(c(C)n1)OCC1C[C@@H]21. The first-order valence-corrected chi connectivity index (χ1v) is 4.86. The largest absolute Gasteiger partial charge is 0.491 e. The second kappa shape index (κ2) is 2.25. The summed E-state index contributed by atoms with van der Waals surface area (Å²) in [7, 11) is 0. The Morgan fingerprint density at radius 3 is 3.15 bits per heavy atom. The number of rotatable bonds is 0. The minimum Gasteiger partial charge on any atom is -0.491 e. The first kappa shape index (κ1) is 7.36. The van der Waals surface area contributed by atoms with Gasteiger partial charge >= 0.3 is 0 Å².